The molecule has 3 heteroatoms. The van der Waals surface area contributed by atoms with E-state index >= 15 is 0 Å². The molecule has 0 saturated heterocycles. The summed E-state index contributed by atoms with van der Waals surface area (Å²) in [5.41, 5.74) is 2.14. The van der Waals surface area contributed by atoms with Crippen LogP contribution in [0.25, 0.3) is 6.08 Å². The highest BCUT2D eigenvalue weighted by Gasteiger charge is 2.39. The van der Waals surface area contributed by atoms with Gasteiger partial charge in [0.15, 0.2) is 0 Å². The maximum atomic E-state index is 10.5. The highest BCUT2D eigenvalue weighted by Crippen LogP contribution is 2.48. The van der Waals surface area contributed by atoms with Gasteiger partial charge in [-0.1, -0.05) is 18.6 Å². The van der Waals surface area contributed by atoms with E-state index in [4.69, 9.17) is 5.11 Å². The van der Waals surface area contributed by atoms with Crippen molar-refractivity contribution in [1.82, 2.24) is 0 Å². The van der Waals surface area contributed by atoms with Gasteiger partial charge in [0.25, 0.3) is 0 Å². The lowest BCUT2D eigenvalue weighted by atomic mass is 9.88. The molecule has 2 saturated carbocycles. The monoisotopic (exact) mass is 285 g/mol. The van der Waals surface area contributed by atoms with E-state index in [1.165, 1.54) is 37.4 Å². The van der Waals surface area contributed by atoms with E-state index in [-0.39, 0.29) is 0 Å². The van der Waals surface area contributed by atoms with Crippen molar-refractivity contribution in [2.24, 2.45) is 17.8 Å². The predicted molar refractivity (Wildman–Crippen MR) is 85.3 cm³/mol. The molecule has 3 nitrogen and oxygen atoms in total. The predicted octanol–water partition coefficient (Wildman–Crippen LogP) is 3.66. The van der Waals surface area contributed by atoms with Gasteiger partial charge in [0, 0.05) is 25.4 Å². The molecule has 2 fully saturated rings. The highest BCUT2D eigenvalue weighted by molar-refractivity contribution is 5.85. The average Bonchev–Trinajstić information content (AvgIpc) is 3.08. The second kappa shape index (κ2) is 5.92. The molecule has 0 aromatic heterocycles. The maximum Gasteiger partial charge on any atom is 0.328 e. The zero-order valence-electron chi connectivity index (χ0n) is 12.5. The second-order valence-corrected chi connectivity index (χ2v) is 6.58. The molecule has 0 amide bonds. The fourth-order valence-corrected chi connectivity index (χ4v) is 4.06. The topological polar surface area (TPSA) is 40.5 Å². The number of aliphatic carboxylic acids is 1. The number of anilines is 1. The Kier molecular flexibility index (Phi) is 4.00. The first-order valence-electron chi connectivity index (χ1n) is 7.84. The number of carbonyl (C=O) groups is 1. The van der Waals surface area contributed by atoms with Crippen LogP contribution in [-0.4, -0.2) is 24.7 Å². The van der Waals surface area contributed by atoms with E-state index in [0.717, 1.165) is 29.9 Å². The molecule has 0 heterocycles. The normalized spacial score (nSPS) is 27.4. The third-order valence-electron chi connectivity index (χ3n) is 5.15. The first-order valence-corrected chi connectivity index (χ1v) is 7.84. The van der Waals surface area contributed by atoms with Crippen LogP contribution in [0.1, 0.15) is 31.2 Å². The molecule has 1 aromatic rings. The van der Waals surface area contributed by atoms with Gasteiger partial charge < -0.3 is 10.0 Å². The Morgan fingerprint density at radius 2 is 2.05 bits per heavy atom. The van der Waals surface area contributed by atoms with Crippen LogP contribution in [0.5, 0.6) is 0 Å². The van der Waals surface area contributed by atoms with Crippen LogP contribution in [-0.2, 0) is 4.79 Å². The van der Waals surface area contributed by atoms with Crippen LogP contribution in [0.2, 0.25) is 0 Å². The van der Waals surface area contributed by atoms with Crippen LogP contribution >= 0.6 is 0 Å². The summed E-state index contributed by atoms with van der Waals surface area (Å²) >= 11 is 0. The molecule has 0 spiro atoms. The van der Waals surface area contributed by atoms with Crippen LogP contribution < -0.4 is 4.90 Å². The van der Waals surface area contributed by atoms with Gasteiger partial charge in [-0.25, -0.2) is 4.79 Å². The van der Waals surface area contributed by atoms with Gasteiger partial charge in [-0.15, -0.1) is 0 Å². The Hall–Kier alpha value is -1.77. The summed E-state index contributed by atoms with van der Waals surface area (Å²) in [5, 5.41) is 8.63. The van der Waals surface area contributed by atoms with Crippen LogP contribution in [0.15, 0.2) is 30.3 Å². The summed E-state index contributed by atoms with van der Waals surface area (Å²) < 4.78 is 0. The molecular weight excluding hydrogens is 262 g/mol. The first kappa shape index (κ1) is 14.2. The van der Waals surface area contributed by atoms with Gasteiger partial charge >= 0.3 is 5.97 Å². The lowest BCUT2D eigenvalue weighted by Gasteiger charge is -2.28. The van der Waals surface area contributed by atoms with Gasteiger partial charge in [0.2, 0.25) is 0 Å². The van der Waals surface area contributed by atoms with Crippen molar-refractivity contribution in [1.29, 1.82) is 0 Å². The van der Waals surface area contributed by atoms with Crippen LogP contribution in [0.3, 0.4) is 0 Å². The lowest BCUT2D eigenvalue weighted by Crippen LogP contribution is -2.28. The molecule has 1 N–H and O–H groups in total. The first-order chi connectivity index (χ1) is 10.1. The summed E-state index contributed by atoms with van der Waals surface area (Å²) in [6.45, 7) is 1.14. The molecule has 1 aromatic carbocycles. The van der Waals surface area contributed by atoms with Crippen LogP contribution in [0.4, 0.5) is 5.69 Å². The summed E-state index contributed by atoms with van der Waals surface area (Å²) in [6.07, 6.45) is 8.56. The number of nitrogens with zero attached hydrogens (tertiary/aromatic N) is 1. The highest BCUT2D eigenvalue weighted by atomic mass is 16.4. The molecule has 21 heavy (non-hydrogen) atoms. The zero-order valence-corrected chi connectivity index (χ0v) is 12.5. The molecule has 112 valence electrons. The van der Waals surface area contributed by atoms with E-state index in [9.17, 15) is 4.79 Å². The Morgan fingerprint density at radius 3 is 2.62 bits per heavy atom. The molecule has 0 radical (unpaired) electrons. The Bertz CT molecular complexity index is 535. The summed E-state index contributed by atoms with van der Waals surface area (Å²) in [7, 11) is 2.16. The molecule has 2 aliphatic rings. The lowest BCUT2D eigenvalue weighted by molar-refractivity contribution is -0.131. The number of rotatable bonds is 5. The number of fused-ring (bicyclic) bond motifs is 2. The summed E-state index contributed by atoms with van der Waals surface area (Å²) in [4.78, 5) is 12.9. The SMILES string of the molecule is CN(CC1CC2CCC1C2)c1ccc(C=CC(=O)O)cc1. The molecule has 2 bridgehead atoms. The van der Waals surface area contributed by atoms with Gasteiger partial charge in [0.05, 0.1) is 0 Å². The molecule has 3 atom stereocenters. The molecule has 0 aliphatic heterocycles. The Labute approximate surface area is 126 Å². The molecular formula is C18H23NO2. The minimum Gasteiger partial charge on any atom is -0.478 e. The van der Waals surface area contributed by atoms with Gasteiger partial charge in [-0.2, -0.15) is 0 Å². The van der Waals surface area contributed by atoms with Crippen molar-refractivity contribution >= 4 is 17.7 Å². The number of hydrogen-bond donors (Lipinski definition) is 1. The Morgan fingerprint density at radius 1 is 1.29 bits per heavy atom. The average molecular weight is 285 g/mol. The molecule has 3 rings (SSSR count). The van der Waals surface area contributed by atoms with E-state index in [1.807, 2.05) is 12.1 Å². The quantitative estimate of drug-likeness (QED) is 0.839. The molecule has 3 unspecified atom stereocenters. The third kappa shape index (κ3) is 3.29. The summed E-state index contributed by atoms with van der Waals surface area (Å²) in [5.74, 6) is 1.90. The number of hydrogen-bond acceptors (Lipinski definition) is 2. The largest absolute Gasteiger partial charge is 0.478 e. The fourth-order valence-electron chi connectivity index (χ4n) is 4.06. The Balaban J connectivity index is 1.59. The van der Waals surface area contributed by atoms with E-state index in [0.29, 0.717) is 0 Å². The van der Waals surface area contributed by atoms with Gasteiger partial charge in [0.1, 0.15) is 0 Å². The van der Waals surface area contributed by atoms with E-state index in [1.54, 1.807) is 6.08 Å². The van der Waals surface area contributed by atoms with Crippen molar-refractivity contribution in [3.8, 4) is 0 Å². The number of carboxylic acids is 1. The molecule has 2 aliphatic carbocycles. The standard InChI is InChI=1S/C18H23NO2/c1-19(12-16-11-14-2-6-15(16)10-14)17-7-3-13(4-8-17)5-9-18(20)21/h3-5,7-9,14-16H,2,6,10-12H2,1H3,(H,20,21). The van der Waals surface area contributed by atoms with Crippen molar-refractivity contribution in [3.05, 3.63) is 35.9 Å². The second-order valence-electron chi connectivity index (χ2n) is 6.58. The van der Waals surface area contributed by atoms with Crippen molar-refractivity contribution in [2.75, 3.05) is 18.5 Å². The number of benzene rings is 1. The fraction of sp³-hybridized carbons (Fsp3) is 0.500. The van der Waals surface area contributed by atoms with Gasteiger partial charge in [-0.05, 0) is 60.8 Å². The van der Waals surface area contributed by atoms with E-state index < -0.39 is 5.97 Å². The minimum atomic E-state index is -0.910. The van der Waals surface area contributed by atoms with Crippen LogP contribution in [0, 0.1) is 17.8 Å². The zero-order chi connectivity index (χ0) is 14.8. The van der Waals surface area contributed by atoms with Crippen molar-refractivity contribution < 1.29 is 9.90 Å². The van der Waals surface area contributed by atoms with Crippen molar-refractivity contribution in [3.63, 3.8) is 0 Å². The van der Waals surface area contributed by atoms with E-state index in [2.05, 4.69) is 24.1 Å². The smallest absolute Gasteiger partial charge is 0.328 e. The van der Waals surface area contributed by atoms with Crippen molar-refractivity contribution in [2.45, 2.75) is 25.7 Å². The maximum absolute atomic E-state index is 10.5. The van der Waals surface area contributed by atoms with Gasteiger partial charge in [-0.3, -0.25) is 0 Å². The minimum absolute atomic E-state index is 0.861. The number of carboxylic acid groups (broad SMARTS) is 1. The third-order valence-corrected chi connectivity index (χ3v) is 5.15. The summed E-state index contributed by atoms with van der Waals surface area (Å²) in [6, 6.07) is 8.11.